The third-order valence-electron chi connectivity index (χ3n) is 3.19. The Hall–Kier alpha value is -1.07. The Labute approximate surface area is 118 Å². The number of alkyl halides is 1. The second kappa shape index (κ2) is 6.91. The molecule has 0 atom stereocenters. The highest BCUT2D eigenvalue weighted by molar-refractivity contribution is 6.18. The van der Waals surface area contributed by atoms with Crippen molar-refractivity contribution in [1.82, 2.24) is 9.97 Å². The van der Waals surface area contributed by atoms with Crippen molar-refractivity contribution in [3.63, 3.8) is 0 Å². The Morgan fingerprint density at radius 3 is 2.89 bits per heavy atom. The van der Waals surface area contributed by atoms with Gasteiger partial charge in [-0.15, -0.1) is 11.6 Å². The third-order valence-corrected chi connectivity index (χ3v) is 3.71. The van der Waals surface area contributed by atoms with E-state index in [0.29, 0.717) is 18.4 Å². The van der Waals surface area contributed by atoms with Crippen LogP contribution in [0.4, 0.5) is 5.82 Å². The van der Waals surface area contributed by atoms with Gasteiger partial charge in [0.1, 0.15) is 12.1 Å². The van der Waals surface area contributed by atoms with Gasteiger partial charge in [-0.25, -0.2) is 9.97 Å². The van der Waals surface area contributed by atoms with E-state index >= 15 is 0 Å². The van der Waals surface area contributed by atoms with E-state index in [2.05, 4.69) is 22.2 Å². The highest BCUT2D eigenvalue weighted by Crippen LogP contribution is 2.27. The van der Waals surface area contributed by atoms with Crippen molar-refractivity contribution in [3.8, 4) is 5.88 Å². The van der Waals surface area contributed by atoms with E-state index in [9.17, 15) is 0 Å². The van der Waals surface area contributed by atoms with Crippen molar-refractivity contribution in [2.75, 3.05) is 31.0 Å². The quantitative estimate of drug-likeness (QED) is 0.814. The number of nitrogens with zero attached hydrogens (tertiary/aromatic N) is 2. The molecule has 0 radical (unpaired) electrons. The van der Waals surface area contributed by atoms with Gasteiger partial charge >= 0.3 is 0 Å². The molecule has 1 aromatic heterocycles. The number of aromatic nitrogens is 2. The van der Waals surface area contributed by atoms with Crippen LogP contribution in [0, 0.1) is 0 Å². The van der Waals surface area contributed by atoms with Gasteiger partial charge in [0.05, 0.1) is 12.1 Å². The van der Waals surface area contributed by atoms with Crippen molar-refractivity contribution >= 4 is 17.4 Å². The minimum absolute atomic E-state index is 0.143. The lowest BCUT2D eigenvalue weighted by molar-refractivity contribution is 0.0666. The normalized spacial score (nSPS) is 18.0. The highest BCUT2D eigenvalue weighted by atomic mass is 35.5. The Bertz CT molecular complexity index is 397. The van der Waals surface area contributed by atoms with Crippen LogP contribution in [0.5, 0.6) is 5.88 Å². The highest BCUT2D eigenvalue weighted by Gasteiger charge is 2.32. The van der Waals surface area contributed by atoms with Crippen molar-refractivity contribution in [2.24, 2.45) is 0 Å². The van der Waals surface area contributed by atoms with Crippen LogP contribution in [0.2, 0.25) is 0 Å². The van der Waals surface area contributed by atoms with Gasteiger partial charge < -0.3 is 14.8 Å². The number of hydrogen-bond acceptors (Lipinski definition) is 5. The number of ether oxygens (including phenoxy) is 2. The maximum Gasteiger partial charge on any atom is 0.218 e. The van der Waals surface area contributed by atoms with Gasteiger partial charge in [0.25, 0.3) is 0 Å². The van der Waals surface area contributed by atoms with E-state index < -0.39 is 0 Å². The van der Waals surface area contributed by atoms with E-state index in [1.54, 1.807) is 0 Å². The van der Waals surface area contributed by atoms with Crippen LogP contribution in [0.25, 0.3) is 0 Å². The zero-order valence-corrected chi connectivity index (χ0v) is 11.9. The minimum atomic E-state index is -0.143. The molecule has 1 N–H and O–H groups in total. The molecule has 19 heavy (non-hydrogen) atoms. The van der Waals surface area contributed by atoms with Gasteiger partial charge in [-0.2, -0.15) is 0 Å². The molecule has 2 rings (SSSR count). The molecule has 1 saturated heterocycles. The summed E-state index contributed by atoms with van der Waals surface area (Å²) in [6, 6.07) is 1.82. The van der Waals surface area contributed by atoms with Crippen LogP contribution in [0.15, 0.2) is 12.4 Å². The van der Waals surface area contributed by atoms with Gasteiger partial charge in [0.2, 0.25) is 5.88 Å². The maximum atomic E-state index is 6.12. The summed E-state index contributed by atoms with van der Waals surface area (Å²) >= 11 is 6.12. The number of nitrogens with one attached hydrogen (secondary N) is 1. The lowest BCUT2D eigenvalue weighted by atomic mass is 9.92. The molecule has 2 heterocycles. The fraction of sp³-hybridized carbons (Fsp3) is 0.692. The second-order valence-electron chi connectivity index (χ2n) is 4.74. The van der Waals surface area contributed by atoms with Gasteiger partial charge in [-0.3, -0.25) is 0 Å². The van der Waals surface area contributed by atoms with Crippen LogP contribution in [0.1, 0.15) is 26.2 Å². The number of anilines is 1. The molecule has 0 aliphatic carbocycles. The lowest BCUT2D eigenvalue weighted by Crippen LogP contribution is -2.45. The van der Waals surface area contributed by atoms with Crippen molar-refractivity contribution < 1.29 is 9.47 Å². The third kappa shape index (κ3) is 3.94. The van der Waals surface area contributed by atoms with Crippen molar-refractivity contribution in [3.05, 3.63) is 12.4 Å². The molecule has 106 valence electrons. The minimum Gasteiger partial charge on any atom is -0.478 e. The molecule has 0 unspecified atom stereocenters. The first-order valence-electron chi connectivity index (χ1n) is 6.65. The van der Waals surface area contributed by atoms with Gasteiger partial charge in [-0.1, -0.05) is 6.92 Å². The molecule has 0 saturated carbocycles. The first-order valence-corrected chi connectivity index (χ1v) is 7.18. The van der Waals surface area contributed by atoms with Gasteiger partial charge in [-0.05, 0) is 19.3 Å². The lowest BCUT2D eigenvalue weighted by Gasteiger charge is -2.36. The summed E-state index contributed by atoms with van der Waals surface area (Å²) in [5.41, 5.74) is -0.143. The Kier molecular flexibility index (Phi) is 5.22. The molecule has 5 nitrogen and oxygen atoms in total. The monoisotopic (exact) mass is 285 g/mol. The number of halogens is 1. The van der Waals surface area contributed by atoms with Crippen molar-refractivity contribution in [1.29, 1.82) is 0 Å². The average molecular weight is 286 g/mol. The summed E-state index contributed by atoms with van der Waals surface area (Å²) in [5, 5.41) is 3.42. The fourth-order valence-electron chi connectivity index (χ4n) is 2.02. The van der Waals surface area contributed by atoms with E-state index in [1.165, 1.54) is 6.33 Å². The first kappa shape index (κ1) is 14.3. The molecule has 6 heteroatoms. The smallest absolute Gasteiger partial charge is 0.218 e. The largest absolute Gasteiger partial charge is 0.478 e. The van der Waals surface area contributed by atoms with Crippen LogP contribution in [-0.4, -0.2) is 41.2 Å². The Balaban J connectivity index is 2.04. The summed E-state index contributed by atoms with van der Waals surface area (Å²) in [7, 11) is 0. The predicted molar refractivity (Wildman–Crippen MR) is 74.9 cm³/mol. The molecule has 1 aliphatic rings. The van der Waals surface area contributed by atoms with E-state index in [1.807, 2.05) is 6.07 Å². The summed E-state index contributed by atoms with van der Waals surface area (Å²) in [4.78, 5) is 8.32. The van der Waals surface area contributed by atoms with E-state index in [0.717, 1.165) is 38.3 Å². The molecular formula is C13H20ClN3O2. The standard InChI is InChI=1S/C13H20ClN3O2/c1-2-5-19-12-8-11(15-10-16-12)17-13(9-14)3-6-18-7-4-13/h8,10H,2-7,9H2,1H3,(H,15,16,17). The molecule has 1 aromatic rings. The number of hydrogen-bond donors (Lipinski definition) is 1. The van der Waals surface area contributed by atoms with E-state index in [-0.39, 0.29) is 5.54 Å². The van der Waals surface area contributed by atoms with Crippen LogP contribution < -0.4 is 10.1 Å². The van der Waals surface area contributed by atoms with Crippen molar-refractivity contribution in [2.45, 2.75) is 31.7 Å². The van der Waals surface area contributed by atoms with Crippen LogP contribution >= 0.6 is 11.6 Å². The predicted octanol–water partition coefficient (Wildman–Crippen LogP) is 2.47. The first-order chi connectivity index (χ1) is 9.28. The van der Waals surface area contributed by atoms with Crippen LogP contribution in [-0.2, 0) is 4.74 Å². The molecule has 1 fully saturated rings. The molecule has 0 aromatic carbocycles. The topological polar surface area (TPSA) is 56.3 Å². The van der Waals surface area contributed by atoms with Crippen LogP contribution in [0.3, 0.4) is 0 Å². The SMILES string of the molecule is CCCOc1cc(NC2(CCl)CCOCC2)ncn1. The zero-order valence-electron chi connectivity index (χ0n) is 11.2. The summed E-state index contributed by atoms with van der Waals surface area (Å²) in [5.74, 6) is 1.88. The molecule has 0 spiro atoms. The molecular weight excluding hydrogens is 266 g/mol. The Morgan fingerprint density at radius 2 is 2.21 bits per heavy atom. The number of rotatable bonds is 6. The van der Waals surface area contributed by atoms with Gasteiger partial charge in [0, 0.05) is 25.2 Å². The van der Waals surface area contributed by atoms with Gasteiger partial charge in [0.15, 0.2) is 0 Å². The summed E-state index contributed by atoms with van der Waals surface area (Å²) < 4.78 is 10.9. The second-order valence-corrected chi connectivity index (χ2v) is 5.01. The summed E-state index contributed by atoms with van der Waals surface area (Å²) in [6.07, 6.45) is 4.22. The Morgan fingerprint density at radius 1 is 1.42 bits per heavy atom. The average Bonchev–Trinajstić information content (AvgIpc) is 2.46. The maximum absolute atomic E-state index is 6.12. The summed E-state index contributed by atoms with van der Waals surface area (Å²) in [6.45, 7) is 4.17. The fourth-order valence-corrected chi connectivity index (χ4v) is 2.35. The molecule has 0 amide bonds. The zero-order chi connectivity index (χ0) is 13.6. The van der Waals surface area contributed by atoms with E-state index in [4.69, 9.17) is 21.1 Å². The molecule has 0 bridgehead atoms. The molecule has 1 aliphatic heterocycles.